The Morgan fingerprint density at radius 2 is 1.95 bits per heavy atom. The Kier molecular flexibility index (Phi) is 5.73. The molecule has 1 aromatic carbocycles. The number of carbonyl (C=O) groups is 1. The molecule has 1 aliphatic rings. The van der Waals surface area contributed by atoms with Crippen LogP contribution < -0.4 is 0 Å². The molecular formula is C14H19BrN2OS. The maximum atomic E-state index is 12.1. The average molecular weight is 343 g/mol. The van der Waals surface area contributed by atoms with Crippen LogP contribution in [0.3, 0.4) is 0 Å². The van der Waals surface area contributed by atoms with E-state index >= 15 is 0 Å². The first-order valence-electron chi connectivity index (χ1n) is 6.44. The van der Waals surface area contributed by atoms with Crippen molar-refractivity contribution in [1.29, 1.82) is 0 Å². The van der Waals surface area contributed by atoms with Gasteiger partial charge in [-0.1, -0.05) is 34.1 Å². The van der Waals surface area contributed by atoms with Crippen LogP contribution in [0.25, 0.3) is 0 Å². The fraction of sp³-hybridized carbons (Fsp3) is 0.500. The number of hydrogen-bond donors (Lipinski definition) is 0. The summed E-state index contributed by atoms with van der Waals surface area (Å²) in [6.07, 6.45) is 0. The molecule has 1 saturated heterocycles. The summed E-state index contributed by atoms with van der Waals surface area (Å²) in [6.45, 7) is 3.71. The van der Waals surface area contributed by atoms with Crippen LogP contribution in [0.2, 0.25) is 0 Å². The lowest BCUT2D eigenvalue weighted by Gasteiger charge is -2.32. The second-order valence-corrected chi connectivity index (χ2v) is 6.61. The zero-order chi connectivity index (χ0) is 13.7. The molecule has 19 heavy (non-hydrogen) atoms. The second-order valence-electron chi connectivity index (χ2n) is 4.77. The largest absolute Gasteiger partial charge is 0.339 e. The normalized spacial score (nSPS) is 16.6. The van der Waals surface area contributed by atoms with Gasteiger partial charge in [0.15, 0.2) is 0 Å². The third kappa shape index (κ3) is 4.51. The molecule has 0 bridgehead atoms. The number of likely N-dealkylation sites (N-methyl/N-ethyl adjacent to an activating group) is 1. The molecule has 0 radical (unpaired) electrons. The molecular weight excluding hydrogens is 324 g/mol. The van der Waals surface area contributed by atoms with Gasteiger partial charge in [-0.2, -0.15) is 0 Å². The van der Waals surface area contributed by atoms with E-state index in [1.165, 1.54) is 5.56 Å². The number of benzene rings is 1. The fourth-order valence-electron chi connectivity index (χ4n) is 2.01. The van der Waals surface area contributed by atoms with Crippen molar-refractivity contribution in [3.05, 3.63) is 34.3 Å². The molecule has 1 amide bonds. The minimum atomic E-state index is 0.269. The monoisotopic (exact) mass is 342 g/mol. The van der Waals surface area contributed by atoms with Crippen molar-refractivity contribution in [3.63, 3.8) is 0 Å². The summed E-state index contributed by atoms with van der Waals surface area (Å²) in [4.78, 5) is 16.3. The lowest BCUT2D eigenvalue weighted by molar-refractivity contribution is -0.129. The highest BCUT2D eigenvalue weighted by atomic mass is 79.9. The lowest BCUT2D eigenvalue weighted by atomic mass is 10.2. The third-order valence-corrected chi connectivity index (χ3v) is 5.04. The fourth-order valence-corrected chi connectivity index (χ4v) is 3.55. The topological polar surface area (TPSA) is 23.6 Å². The van der Waals surface area contributed by atoms with E-state index in [2.05, 4.69) is 33.9 Å². The van der Waals surface area contributed by atoms with Gasteiger partial charge in [-0.3, -0.25) is 4.79 Å². The van der Waals surface area contributed by atoms with Crippen LogP contribution >= 0.6 is 27.7 Å². The van der Waals surface area contributed by atoms with Gasteiger partial charge in [-0.15, -0.1) is 11.8 Å². The maximum absolute atomic E-state index is 12.1. The van der Waals surface area contributed by atoms with Crippen molar-refractivity contribution in [2.24, 2.45) is 0 Å². The van der Waals surface area contributed by atoms with Crippen LogP contribution in [0.1, 0.15) is 5.56 Å². The van der Waals surface area contributed by atoms with Gasteiger partial charge in [0, 0.05) is 36.4 Å². The van der Waals surface area contributed by atoms with Gasteiger partial charge < -0.3 is 9.80 Å². The highest BCUT2D eigenvalue weighted by molar-refractivity contribution is 9.10. The van der Waals surface area contributed by atoms with Crippen molar-refractivity contribution in [3.8, 4) is 0 Å². The third-order valence-electron chi connectivity index (χ3n) is 3.30. The van der Waals surface area contributed by atoms with E-state index in [1.807, 2.05) is 23.1 Å². The van der Waals surface area contributed by atoms with Gasteiger partial charge in [-0.25, -0.2) is 0 Å². The first kappa shape index (κ1) is 14.9. The van der Waals surface area contributed by atoms with Crippen LogP contribution in [0, 0.1) is 0 Å². The summed E-state index contributed by atoms with van der Waals surface area (Å²) in [6, 6.07) is 8.17. The highest BCUT2D eigenvalue weighted by Gasteiger charge is 2.18. The number of halogens is 1. The number of rotatable bonds is 4. The van der Waals surface area contributed by atoms with Gasteiger partial charge >= 0.3 is 0 Å². The number of carbonyl (C=O) groups excluding carboxylic acids is 1. The van der Waals surface area contributed by atoms with Crippen molar-refractivity contribution >= 4 is 33.6 Å². The van der Waals surface area contributed by atoms with Crippen LogP contribution in [0.15, 0.2) is 28.7 Å². The van der Waals surface area contributed by atoms with E-state index in [0.29, 0.717) is 5.75 Å². The van der Waals surface area contributed by atoms with E-state index in [0.717, 1.165) is 36.4 Å². The van der Waals surface area contributed by atoms with Crippen molar-refractivity contribution in [2.75, 3.05) is 39.0 Å². The SMILES string of the molecule is CN1CCN(C(=O)CSCc2ccccc2Br)CC1. The Balaban J connectivity index is 1.74. The van der Waals surface area contributed by atoms with E-state index < -0.39 is 0 Å². The molecule has 3 nitrogen and oxygen atoms in total. The summed E-state index contributed by atoms with van der Waals surface area (Å²) in [7, 11) is 2.10. The van der Waals surface area contributed by atoms with Crippen molar-refractivity contribution < 1.29 is 4.79 Å². The summed E-state index contributed by atoms with van der Waals surface area (Å²) in [5, 5.41) is 0. The van der Waals surface area contributed by atoms with Gasteiger partial charge in [-0.05, 0) is 18.7 Å². The molecule has 0 aromatic heterocycles. The molecule has 5 heteroatoms. The first-order valence-corrected chi connectivity index (χ1v) is 8.39. The average Bonchev–Trinajstić information content (AvgIpc) is 2.41. The molecule has 1 heterocycles. The Labute approximate surface area is 127 Å². The molecule has 2 rings (SSSR count). The van der Waals surface area contributed by atoms with E-state index in [4.69, 9.17) is 0 Å². The molecule has 0 unspecified atom stereocenters. The predicted molar refractivity (Wildman–Crippen MR) is 84.4 cm³/mol. The molecule has 1 aromatic rings. The number of thioether (sulfide) groups is 1. The molecule has 0 spiro atoms. The summed E-state index contributed by atoms with van der Waals surface area (Å²) >= 11 is 5.22. The van der Waals surface area contributed by atoms with Crippen molar-refractivity contribution in [1.82, 2.24) is 9.80 Å². The van der Waals surface area contributed by atoms with Crippen LogP contribution in [0.5, 0.6) is 0 Å². The molecule has 0 aliphatic carbocycles. The predicted octanol–water partition coefficient (Wildman–Crippen LogP) is 2.46. The Morgan fingerprint density at radius 1 is 1.26 bits per heavy atom. The van der Waals surface area contributed by atoms with Gasteiger partial charge in [0.2, 0.25) is 5.91 Å². The number of hydrogen-bond acceptors (Lipinski definition) is 3. The van der Waals surface area contributed by atoms with Crippen LogP contribution in [-0.2, 0) is 10.5 Å². The standard InChI is InChI=1S/C14H19BrN2OS/c1-16-6-8-17(9-7-16)14(18)11-19-10-12-4-2-3-5-13(12)15/h2-5H,6-11H2,1H3. The van der Waals surface area contributed by atoms with Gasteiger partial charge in [0.1, 0.15) is 0 Å². The molecule has 0 saturated carbocycles. The second kappa shape index (κ2) is 7.31. The van der Waals surface area contributed by atoms with Gasteiger partial charge in [0.25, 0.3) is 0 Å². The quantitative estimate of drug-likeness (QED) is 0.839. The smallest absolute Gasteiger partial charge is 0.232 e. The zero-order valence-corrected chi connectivity index (χ0v) is 13.5. The minimum absolute atomic E-state index is 0.269. The first-order chi connectivity index (χ1) is 9.16. The number of nitrogens with zero attached hydrogens (tertiary/aromatic N) is 2. The van der Waals surface area contributed by atoms with E-state index in [9.17, 15) is 4.79 Å². The lowest BCUT2D eigenvalue weighted by Crippen LogP contribution is -2.47. The molecule has 1 aliphatic heterocycles. The number of piperazine rings is 1. The van der Waals surface area contributed by atoms with Gasteiger partial charge in [0.05, 0.1) is 5.75 Å². The summed E-state index contributed by atoms with van der Waals surface area (Å²) in [5.74, 6) is 1.72. The van der Waals surface area contributed by atoms with Crippen LogP contribution in [-0.4, -0.2) is 54.7 Å². The van der Waals surface area contributed by atoms with E-state index in [1.54, 1.807) is 11.8 Å². The maximum Gasteiger partial charge on any atom is 0.232 e. The summed E-state index contributed by atoms with van der Waals surface area (Å²) in [5.41, 5.74) is 1.25. The molecule has 0 N–H and O–H groups in total. The zero-order valence-electron chi connectivity index (χ0n) is 11.1. The molecule has 1 fully saturated rings. The molecule has 104 valence electrons. The number of amides is 1. The Bertz CT molecular complexity index is 433. The molecule has 0 atom stereocenters. The Morgan fingerprint density at radius 3 is 2.63 bits per heavy atom. The highest BCUT2D eigenvalue weighted by Crippen LogP contribution is 2.21. The Hall–Kier alpha value is -0.520. The van der Waals surface area contributed by atoms with E-state index in [-0.39, 0.29) is 5.91 Å². The van der Waals surface area contributed by atoms with Crippen LogP contribution in [0.4, 0.5) is 0 Å². The van der Waals surface area contributed by atoms with Crippen molar-refractivity contribution in [2.45, 2.75) is 5.75 Å². The summed E-state index contributed by atoms with van der Waals surface area (Å²) < 4.78 is 1.12. The minimum Gasteiger partial charge on any atom is -0.339 e.